The number of thioether (sulfide) groups is 1. The first-order valence-corrected chi connectivity index (χ1v) is 5.89. The van der Waals surface area contributed by atoms with E-state index in [0.29, 0.717) is 17.0 Å². The Morgan fingerprint density at radius 3 is 2.75 bits per heavy atom. The van der Waals surface area contributed by atoms with Crippen LogP contribution < -0.4 is 0 Å². The second kappa shape index (κ2) is 4.90. The van der Waals surface area contributed by atoms with E-state index in [2.05, 4.69) is 13.8 Å². The van der Waals surface area contributed by atoms with Gasteiger partial charge in [0.25, 0.3) is 0 Å². The van der Waals surface area contributed by atoms with Gasteiger partial charge in [0.1, 0.15) is 5.78 Å². The number of carbonyl (C=O) groups excluding carboxylic acids is 1. The minimum atomic E-state index is 0.334. The fraction of sp³-hybridized carbons (Fsp3) is 0.900. The molecular weight excluding hydrogens is 168 g/mol. The maximum atomic E-state index is 11.6. The molecule has 0 bridgehead atoms. The highest BCUT2D eigenvalue weighted by Gasteiger charge is 2.21. The quantitative estimate of drug-likeness (QED) is 0.674. The second-order valence-electron chi connectivity index (χ2n) is 3.92. The molecule has 1 saturated heterocycles. The van der Waals surface area contributed by atoms with E-state index in [1.807, 2.05) is 11.8 Å². The Hall–Kier alpha value is 0.0200. The van der Waals surface area contributed by atoms with Gasteiger partial charge in [-0.3, -0.25) is 4.79 Å². The molecule has 1 unspecified atom stereocenters. The van der Waals surface area contributed by atoms with Crippen molar-refractivity contribution in [1.82, 2.24) is 0 Å². The van der Waals surface area contributed by atoms with Crippen LogP contribution in [0.25, 0.3) is 0 Å². The number of hydrogen-bond donors (Lipinski definition) is 0. The molecule has 1 aliphatic heterocycles. The molecule has 2 heteroatoms. The van der Waals surface area contributed by atoms with Gasteiger partial charge in [0.2, 0.25) is 0 Å². The molecule has 0 spiro atoms. The molecule has 1 fully saturated rings. The van der Waals surface area contributed by atoms with Crippen molar-refractivity contribution in [3.05, 3.63) is 0 Å². The smallest absolute Gasteiger partial charge is 0.146 e. The second-order valence-corrected chi connectivity index (χ2v) is 5.23. The van der Waals surface area contributed by atoms with Gasteiger partial charge in [0.05, 0.1) is 5.25 Å². The third kappa shape index (κ3) is 3.18. The Morgan fingerprint density at radius 2 is 2.25 bits per heavy atom. The van der Waals surface area contributed by atoms with Gasteiger partial charge in [0, 0.05) is 6.42 Å². The molecule has 0 radical (unpaired) electrons. The van der Waals surface area contributed by atoms with Crippen molar-refractivity contribution in [2.24, 2.45) is 5.92 Å². The Kier molecular flexibility index (Phi) is 4.13. The van der Waals surface area contributed by atoms with E-state index in [1.165, 1.54) is 18.6 Å². The number of hydrogen-bond acceptors (Lipinski definition) is 2. The monoisotopic (exact) mass is 186 g/mol. The summed E-state index contributed by atoms with van der Waals surface area (Å²) in [6.45, 7) is 4.23. The van der Waals surface area contributed by atoms with E-state index in [9.17, 15) is 4.79 Å². The molecule has 1 aliphatic rings. The molecule has 1 atom stereocenters. The van der Waals surface area contributed by atoms with Crippen LogP contribution in [-0.2, 0) is 4.79 Å². The van der Waals surface area contributed by atoms with Crippen LogP contribution in [-0.4, -0.2) is 16.8 Å². The number of ketones is 1. The standard InChI is InChI=1S/C10H18OS/c1-8(2)7-9(11)10-5-3-4-6-12-10/h8,10H,3-7H2,1-2H3. The van der Waals surface area contributed by atoms with Crippen molar-refractivity contribution < 1.29 is 4.79 Å². The molecule has 0 aromatic rings. The minimum Gasteiger partial charge on any atom is -0.298 e. The van der Waals surface area contributed by atoms with Crippen LogP contribution in [0, 0.1) is 5.92 Å². The number of rotatable bonds is 3. The van der Waals surface area contributed by atoms with Gasteiger partial charge in [-0.15, -0.1) is 0 Å². The molecule has 0 aliphatic carbocycles. The first-order chi connectivity index (χ1) is 5.70. The summed E-state index contributed by atoms with van der Waals surface area (Å²) in [6, 6.07) is 0. The molecule has 1 nitrogen and oxygen atoms in total. The molecule has 1 heterocycles. The Bertz CT molecular complexity index is 148. The highest BCUT2D eigenvalue weighted by molar-refractivity contribution is 8.00. The van der Waals surface area contributed by atoms with Gasteiger partial charge in [0.15, 0.2) is 0 Å². The average molecular weight is 186 g/mol. The van der Waals surface area contributed by atoms with Crippen LogP contribution >= 0.6 is 11.8 Å². The van der Waals surface area contributed by atoms with E-state index in [-0.39, 0.29) is 0 Å². The zero-order valence-corrected chi connectivity index (χ0v) is 8.82. The molecular formula is C10H18OS. The lowest BCUT2D eigenvalue weighted by Gasteiger charge is -2.20. The van der Waals surface area contributed by atoms with Gasteiger partial charge >= 0.3 is 0 Å². The topological polar surface area (TPSA) is 17.1 Å². The van der Waals surface area contributed by atoms with E-state index >= 15 is 0 Å². The van der Waals surface area contributed by atoms with Gasteiger partial charge < -0.3 is 0 Å². The highest BCUT2D eigenvalue weighted by atomic mass is 32.2. The van der Waals surface area contributed by atoms with Gasteiger partial charge in [-0.05, 0) is 24.5 Å². The van der Waals surface area contributed by atoms with Crippen LogP contribution in [0.4, 0.5) is 0 Å². The van der Waals surface area contributed by atoms with Crippen molar-refractivity contribution in [3.63, 3.8) is 0 Å². The summed E-state index contributed by atoms with van der Waals surface area (Å²) in [7, 11) is 0. The lowest BCUT2D eigenvalue weighted by Crippen LogP contribution is -2.21. The molecule has 0 saturated carbocycles. The van der Waals surface area contributed by atoms with E-state index in [1.54, 1.807) is 0 Å². The summed E-state index contributed by atoms with van der Waals surface area (Å²) in [6.07, 6.45) is 4.45. The zero-order chi connectivity index (χ0) is 8.97. The number of Topliss-reactive ketones (excluding diaryl/α,β-unsaturated/α-hetero) is 1. The normalized spacial score (nSPS) is 24.4. The van der Waals surface area contributed by atoms with Crippen molar-refractivity contribution in [3.8, 4) is 0 Å². The average Bonchev–Trinajstić information content (AvgIpc) is 2.05. The van der Waals surface area contributed by atoms with E-state index in [0.717, 1.165) is 12.8 Å². The Morgan fingerprint density at radius 1 is 1.50 bits per heavy atom. The summed E-state index contributed by atoms with van der Waals surface area (Å²) >= 11 is 1.86. The summed E-state index contributed by atoms with van der Waals surface area (Å²) in [5.41, 5.74) is 0. The van der Waals surface area contributed by atoms with Crippen molar-refractivity contribution in [2.75, 3.05) is 5.75 Å². The summed E-state index contributed by atoms with van der Waals surface area (Å²) < 4.78 is 0. The first kappa shape index (κ1) is 10.1. The Balaban J connectivity index is 2.30. The van der Waals surface area contributed by atoms with Gasteiger partial charge in [-0.1, -0.05) is 20.3 Å². The maximum absolute atomic E-state index is 11.6. The van der Waals surface area contributed by atoms with Crippen LogP contribution in [0.15, 0.2) is 0 Å². The number of carbonyl (C=O) groups is 1. The predicted molar refractivity (Wildman–Crippen MR) is 54.6 cm³/mol. The lowest BCUT2D eigenvalue weighted by molar-refractivity contribution is -0.119. The Labute approximate surface area is 79.3 Å². The molecule has 12 heavy (non-hydrogen) atoms. The predicted octanol–water partition coefficient (Wildman–Crippen LogP) is 2.89. The molecule has 70 valence electrons. The van der Waals surface area contributed by atoms with E-state index in [4.69, 9.17) is 0 Å². The third-order valence-electron chi connectivity index (χ3n) is 2.15. The van der Waals surface area contributed by atoms with E-state index < -0.39 is 0 Å². The van der Waals surface area contributed by atoms with Crippen molar-refractivity contribution >= 4 is 17.5 Å². The van der Waals surface area contributed by atoms with Gasteiger partial charge in [-0.2, -0.15) is 11.8 Å². The lowest BCUT2D eigenvalue weighted by atomic mass is 10.0. The third-order valence-corrected chi connectivity index (χ3v) is 3.57. The van der Waals surface area contributed by atoms with Crippen molar-refractivity contribution in [2.45, 2.75) is 44.8 Å². The van der Waals surface area contributed by atoms with Crippen LogP contribution in [0.1, 0.15) is 39.5 Å². The minimum absolute atomic E-state index is 0.334. The van der Waals surface area contributed by atoms with Crippen molar-refractivity contribution in [1.29, 1.82) is 0 Å². The van der Waals surface area contributed by atoms with Crippen LogP contribution in [0.5, 0.6) is 0 Å². The summed E-state index contributed by atoms with van der Waals surface area (Å²) in [5, 5.41) is 0.334. The maximum Gasteiger partial charge on any atom is 0.146 e. The van der Waals surface area contributed by atoms with Crippen LogP contribution in [0.2, 0.25) is 0 Å². The molecule has 0 amide bonds. The summed E-state index contributed by atoms with van der Waals surface area (Å²) in [5.74, 6) is 2.20. The molecule has 1 rings (SSSR count). The first-order valence-electron chi connectivity index (χ1n) is 4.84. The zero-order valence-electron chi connectivity index (χ0n) is 8.01. The SMILES string of the molecule is CC(C)CC(=O)C1CCCCS1. The molecule has 0 N–H and O–H groups in total. The fourth-order valence-corrected chi connectivity index (χ4v) is 2.80. The largest absolute Gasteiger partial charge is 0.298 e. The van der Waals surface area contributed by atoms with Gasteiger partial charge in [-0.25, -0.2) is 0 Å². The molecule has 0 aromatic heterocycles. The molecule has 0 aromatic carbocycles. The van der Waals surface area contributed by atoms with Crippen LogP contribution in [0.3, 0.4) is 0 Å². The summed E-state index contributed by atoms with van der Waals surface area (Å²) in [4.78, 5) is 11.6. The fourth-order valence-electron chi connectivity index (χ4n) is 1.53. The highest BCUT2D eigenvalue weighted by Crippen LogP contribution is 2.27.